The van der Waals surface area contributed by atoms with Crippen molar-refractivity contribution in [2.75, 3.05) is 26.7 Å². The lowest BCUT2D eigenvalue weighted by atomic mass is 10.1. The number of nitrogens with one attached hydrogen (secondary N) is 1. The molecule has 3 amide bonds. The molecule has 3 aliphatic heterocycles. The number of hydrazone groups is 1. The van der Waals surface area contributed by atoms with Crippen LogP contribution in [0.3, 0.4) is 0 Å². The molecule has 3 heterocycles. The molecule has 1 aromatic rings. The fraction of sp³-hybridized carbons (Fsp3) is 0.500. The lowest BCUT2D eigenvalue weighted by Crippen LogP contribution is -2.66. The molecule has 3 atom stereocenters. The molecule has 2 saturated heterocycles. The Labute approximate surface area is 153 Å². The quantitative estimate of drug-likeness (QED) is 0.855. The number of amides is 3. The average Bonchev–Trinajstić information content (AvgIpc) is 3.06. The number of hydrogen-bond donors (Lipinski definition) is 1. The number of nitrogens with zero attached hydrogens (tertiary/aromatic N) is 5. The molecule has 8 heteroatoms. The number of fused-ring (bicyclic) bond motifs is 3. The molecule has 1 aromatic carbocycles. The van der Waals surface area contributed by atoms with Gasteiger partial charge in [0.1, 0.15) is 12.2 Å². The van der Waals surface area contributed by atoms with Crippen LogP contribution in [0.25, 0.3) is 0 Å². The highest BCUT2D eigenvalue weighted by atomic mass is 16.2. The minimum atomic E-state index is -0.411. The van der Waals surface area contributed by atoms with Crippen LogP contribution < -0.4 is 5.32 Å². The molecule has 8 nitrogen and oxygen atoms in total. The zero-order chi connectivity index (χ0) is 18.4. The first-order valence-electron chi connectivity index (χ1n) is 9.06. The lowest BCUT2D eigenvalue weighted by molar-refractivity contribution is -0.138. The first kappa shape index (κ1) is 17.0. The number of hydrogen-bond acceptors (Lipinski definition) is 6. The zero-order valence-electron chi connectivity index (χ0n) is 15.3. The summed E-state index contributed by atoms with van der Waals surface area (Å²) in [5.74, 6) is -0.138. The molecular formula is C18H24N6O2. The van der Waals surface area contributed by atoms with Gasteiger partial charge in [-0.05, 0) is 19.4 Å². The van der Waals surface area contributed by atoms with Crippen LogP contribution in [0.15, 0.2) is 35.4 Å². The van der Waals surface area contributed by atoms with Gasteiger partial charge in [-0.25, -0.2) is 9.69 Å². The molecule has 0 aromatic heterocycles. The molecule has 0 aliphatic carbocycles. The summed E-state index contributed by atoms with van der Waals surface area (Å²) in [4.78, 5) is 30.6. The van der Waals surface area contributed by atoms with Crippen LogP contribution in [-0.4, -0.2) is 82.5 Å². The summed E-state index contributed by atoms with van der Waals surface area (Å²) in [6, 6.07) is 9.36. The van der Waals surface area contributed by atoms with Crippen molar-refractivity contribution in [2.45, 2.75) is 32.3 Å². The smallest absolute Gasteiger partial charge is 0.310 e. The molecule has 0 radical (unpaired) electrons. The second kappa shape index (κ2) is 6.37. The first-order valence-corrected chi connectivity index (χ1v) is 9.06. The second-order valence-corrected chi connectivity index (χ2v) is 6.75. The Kier molecular flexibility index (Phi) is 4.16. The van der Waals surface area contributed by atoms with Crippen molar-refractivity contribution in [3.8, 4) is 0 Å². The van der Waals surface area contributed by atoms with Crippen molar-refractivity contribution in [2.24, 2.45) is 5.10 Å². The maximum Gasteiger partial charge on any atom is 0.327 e. The van der Waals surface area contributed by atoms with Crippen molar-refractivity contribution in [1.82, 2.24) is 25.0 Å². The largest absolute Gasteiger partial charge is 0.327 e. The van der Waals surface area contributed by atoms with E-state index >= 15 is 0 Å². The molecule has 26 heavy (non-hydrogen) atoms. The average molecular weight is 356 g/mol. The van der Waals surface area contributed by atoms with Gasteiger partial charge in [0.05, 0.1) is 5.71 Å². The molecule has 2 fully saturated rings. The molecular weight excluding hydrogens is 332 g/mol. The summed E-state index contributed by atoms with van der Waals surface area (Å²) < 4.78 is 0. The summed E-state index contributed by atoms with van der Waals surface area (Å²) in [5, 5.41) is 10.2. The predicted molar refractivity (Wildman–Crippen MR) is 97.1 cm³/mol. The number of carbonyl (C=O) groups excluding carboxylic acids is 2. The number of benzene rings is 1. The van der Waals surface area contributed by atoms with Crippen LogP contribution >= 0.6 is 0 Å². The number of rotatable bonds is 3. The summed E-state index contributed by atoms with van der Waals surface area (Å²) >= 11 is 0. The Bertz CT molecular complexity index is 751. The maximum atomic E-state index is 13.0. The maximum absolute atomic E-state index is 13.0. The fourth-order valence-electron chi connectivity index (χ4n) is 4.01. The molecule has 138 valence electrons. The van der Waals surface area contributed by atoms with Gasteiger partial charge in [0.25, 0.3) is 5.91 Å². The summed E-state index contributed by atoms with van der Waals surface area (Å²) in [6.07, 6.45) is -0.541. The van der Waals surface area contributed by atoms with Crippen LogP contribution in [0.4, 0.5) is 4.79 Å². The van der Waals surface area contributed by atoms with Gasteiger partial charge in [-0.2, -0.15) is 5.10 Å². The third-order valence-electron chi connectivity index (χ3n) is 5.37. The molecule has 0 bridgehead atoms. The molecule has 3 aliphatic rings. The van der Waals surface area contributed by atoms with Gasteiger partial charge in [-0.3, -0.25) is 20.0 Å². The Morgan fingerprint density at radius 1 is 1.15 bits per heavy atom. The van der Waals surface area contributed by atoms with Crippen LogP contribution in [0.2, 0.25) is 0 Å². The van der Waals surface area contributed by atoms with Crippen LogP contribution in [0.1, 0.15) is 19.4 Å². The molecule has 0 saturated carbocycles. The number of carbonyl (C=O) groups is 2. The lowest BCUT2D eigenvalue weighted by Gasteiger charge is -2.42. The molecule has 0 spiro atoms. The van der Waals surface area contributed by atoms with Crippen molar-refractivity contribution >= 4 is 17.6 Å². The monoisotopic (exact) mass is 356 g/mol. The van der Waals surface area contributed by atoms with Gasteiger partial charge in [0, 0.05) is 26.7 Å². The topological polar surface area (TPSA) is 71.5 Å². The van der Waals surface area contributed by atoms with E-state index in [2.05, 4.69) is 10.2 Å². The number of likely N-dealkylation sites (N-methyl/N-ethyl adjacent to an activating group) is 2. The van der Waals surface area contributed by atoms with Crippen LogP contribution in [-0.2, 0) is 4.79 Å². The van der Waals surface area contributed by atoms with Crippen molar-refractivity contribution < 1.29 is 9.59 Å². The van der Waals surface area contributed by atoms with E-state index in [0.717, 1.165) is 11.3 Å². The van der Waals surface area contributed by atoms with Crippen LogP contribution in [0, 0.1) is 0 Å². The summed E-state index contributed by atoms with van der Waals surface area (Å²) in [6.45, 7) is 5.50. The zero-order valence-corrected chi connectivity index (χ0v) is 15.3. The van der Waals surface area contributed by atoms with Gasteiger partial charge in [0.15, 0.2) is 6.29 Å². The highest BCUT2D eigenvalue weighted by Crippen LogP contribution is 2.30. The van der Waals surface area contributed by atoms with E-state index in [0.29, 0.717) is 19.6 Å². The Hall–Kier alpha value is -2.45. The van der Waals surface area contributed by atoms with Gasteiger partial charge in [-0.1, -0.05) is 30.3 Å². The Morgan fingerprint density at radius 3 is 2.54 bits per heavy atom. The van der Waals surface area contributed by atoms with E-state index in [9.17, 15) is 9.59 Å². The molecule has 1 N–H and O–H groups in total. The normalized spacial score (nSPS) is 29.0. The van der Waals surface area contributed by atoms with E-state index in [4.69, 9.17) is 5.10 Å². The number of urea groups is 1. The summed E-state index contributed by atoms with van der Waals surface area (Å²) in [7, 11) is 1.75. The highest BCUT2D eigenvalue weighted by Gasteiger charge is 2.56. The van der Waals surface area contributed by atoms with Gasteiger partial charge in [-0.15, -0.1) is 0 Å². The Balaban J connectivity index is 1.70. The molecule has 3 unspecified atom stereocenters. The third-order valence-corrected chi connectivity index (χ3v) is 5.37. The third kappa shape index (κ3) is 2.40. The van der Waals surface area contributed by atoms with E-state index < -0.39 is 6.04 Å². The number of imide groups is 1. The Morgan fingerprint density at radius 2 is 1.88 bits per heavy atom. The van der Waals surface area contributed by atoms with E-state index in [-0.39, 0.29) is 24.4 Å². The first-order chi connectivity index (χ1) is 12.6. The van der Waals surface area contributed by atoms with Gasteiger partial charge in [0.2, 0.25) is 0 Å². The SMILES string of the molecule is CCN1C(=O)C2C(NC3N(CC)N=C(c4ccccc4)CN23)N(C)C1=O. The van der Waals surface area contributed by atoms with E-state index in [1.165, 1.54) is 4.90 Å². The fourth-order valence-corrected chi connectivity index (χ4v) is 4.01. The minimum Gasteiger partial charge on any atom is -0.310 e. The van der Waals surface area contributed by atoms with Crippen molar-refractivity contribution in [1.29, 1.82) is 0 Å². The van der Waals surface area contributed by atoms with E-state index in [1.54, 1.807) is 11.9 Å². The van der Waals surface area contributed by atoms with Crippen LogP contribution in [0.5, 0.6) is 0 Å². The second-order valence-electron chi connectivity index (χ2n) is 6.75. The van der Waals surface area contributed by atoms with Gasteiger partial charge < -0.3 is 4.90 Å². The van der Waals surface area contributed by atoms with E-state index in [1.807, 2.05) is 49.2 Å². The predicted octanol–water partition coefficient (Wildman–Crippen LogP) is 0.524. The van der Waals surface area contributed by atoms with Gasteiger partial charge >= 0.3 is 6.03 Å². The highest BCUT2D eigenvalue weighted by molar-refractivity contribution is 6.04. The summed E-state index contributed by atoms with van der Waals surface area (Å²) in [5.41, 5.74) is 1.98. The molecule has 4 rings (SSSR count). The van der Waals surface area contributed by atoms with Crippen molar-refractivity contribution in [3.63, 3.8) is 0 Å². The van der Waals surface area contributed by atoms with Crippen molar-refractivity contribution in [3.05, 3.63) is 35.9 Å². The minimum absolute atomic E-state index is 0.138. The standard InChI is InChI=1S/C18H24N6O2/c1-4-22-16(25)14-15(21(3)18(22)26)19-17-23(14)11-13(20-24(17)5-2)12-9-7-6-8-10-12/h6-10,14-15,17,19H,4-5,11H2,1-3H3.